The minimum atomic E-state index is -2.92. The van der Waals surface area contributed by atoms with Crippen LogP contribution in [0.5, 0.6) is 0 Å². The van der Waals surface area contributed by atoms with Gasteiger partial charge in [0.15, 0.2) is 9.84 Å². The number of carbonyl (C=O) groups excluding carboxylic acids is 2. The standard InChI is InChI=1S/C48H77FN2O5S/c1-9-10-29-56-42(53)47(32-49)20-13-34(14-21-47)36-16-18-44(6)38(43(36,4)5)17-19-46(8)39(44)12-11-37-40-35(33(2)3)15-22-48(40,24-23-45(37,46)7)41(52)50-25-26-51-27-30-57(54,55)31-28-51/h13,16,33,35,37-40H,9-12,14-15,17-32H2,1-8H3,(H,50,52)/t35-,37+,38-,39+,40+,44-,45+,46+,47+,48-/m0/s1. The molecule has 57 heavy (non-hydrogen) atoms. The van der Waals surface area contributed by atoms with Crippen molar-refractivity contribution in [2.75, 3.05) is 51.0 Å². The van der Waals surface area contributed by atoms with Crippen LogP contribution in [0.2, 0.25) is 0 Å². The van der Waals surface area contributed by atoms with Crippen LogP contribution < -0.4 is 5.32 Å². The number of rotatable bonds is 11. The highest BCUT2D eigenvalue weighted by molar-refractivity contribution is 7.91. The van der Waals surface area contributed by atoms with E-state index in [-0.39, 0.29) is 50.5 Å². The Balaban J connectivity index is 1.10. The zero-order valence-corrected chi connectivity index (χ0v) is 37.8. The monoisotopic (exact) mass is 813 g/mol. The fourth-order valence-corrected chi connectivity index (χ4v) is 16.7. The molecule has 0 aromatic carbocycles. The molecule has 7 aliphatic rings. The lowest BCUT2D eigenvalue weighted by atomic mass is 9.32. The van der Waals surface area contributed by atoms with E-state index in [2.05, 4.69) is 77.8 Å². The molecule has 10 atom stereocenters. The van der Waals surface area contributed by atoms with Crippen LogP contribution in [0, 0.1) is 68.0 Å². The van der Waals surface area contributed by atoms with E-state index in [0.29, 0.717) is 81.1 Å². The van der Waals surface area contributed by atoms with Gasteiger partial charge in [-0.05, 0) is 152 Å². The van der Waals surface area contributed by atoms with Crippen LogP contribution in [-0.4, -0.2) is 76.2 Å². The molecule has 322 valence electrons. The Bertz CT molecular complexity index is 1710. The molecule has 9 heteroatoms. The van der Waals surface area contributed by atoms with Crippen LogP contribution >= 0.6 is 0 Å². The van der Waals surface area contributed by atoms with E-state index in [1.165, 1.54) is 36.8 Å². The average Bonchev–Trinajstić information content (AvgIpc) is 3.57. The van der Waals surface area contributed by atoms with Crippen molar-refractivity contribution in [2.24, 2.45) is 68.0 Å². The zero-order valence-electron chi connectivity index (χ0n) is 36.9. The lowest BCUT2D eigenvalue weighted by Gasteiger charge is -2.72. The van der Waals surface area contributed by atoms with Gasteiger partial charge in [-0.3, -0.25) is 14.5 Å². The first kappa shape index (κ1) is 43.4. The summed E-state index contributed by atoms with van der Waals surface area (Å²) < 4.78 is 44.1. The van der Waals surface area contributed by atoms with Gasteiger partial charge in [-0.15, -0.1) is 0 Å². The molecule has 0 aromatic heterocycles. The fourth-order valence-electron chi connectivity index (χ4n) is 15.4. The first-order valence-electron chi connectivity index (χ1n) is 23.2. The number of amides is 1. The number of ether oxygens (including phenoxy) is 1. The van der Waals surface area contributed by atoms with Crippen LogP contribution in [-0.2, 0) is 24.2 Å². The summed E-state index contributed by atoms with van der Waals surface area (Å²) in [6.07, 6.45) is 18.3. The van der Waals surface area contributed by atoms with Gasteiger partial charge in [0.25, 0.3) is 0 Å². The molecule has 1 N–H and O–H groups in total. The van der Waals surface area contributed by atoms with Gasteiger partial charge in [-0.2, -0.15) is 0 Å². The number of hydrogen-bond acceptors (Lipinski definition) is 6. The minimum Gasteiger partial charge on any atom is -0.465 e. The predicted octanol–water partition coefficient (Wildman–Crippen LogP) is 9.52. The Morgan fingerprint density at radius 3 is 2.30 bits per heavy atom. The van der Waals surface area contributed by atoms with E-state index in [0.717, 1.165) is 51.4 Å². The van der Waals surface area contributed by atoms with Crippen molar-refractivity contribution in [1.29, 1.82) is 0 Å². The van der Waals surface area contributed by atoms with Gasteiger partial charge >= 0.3 is 5.97 Å². The van der Waals surface area contributed by atoms with Crippen LogP contribution in [0.15, 0.2) is 23.3 Å². The van der Waals surface area contributed by atoms with Gasteiger partial charge in [0, 0.05) is 26.2 Å². The highest BCUT2D eigenvalue weighted by Gasteiger charge is 2.71. The second kappa shape index (κ2) is 15.6. The van der Waals surface area contributed by atoms with Gasteiger partial charge in [-0.1, -0.05) is 74.0 Å². The number of allylic oxidation sites excluding steroid dienone is 4. The number of carbonyl (C=O) groups is 2. The molecular formula is C48H77FN2O5S. The summed E-state index contributed by atoms with van der Waals surface area (Å²) in [6.45, 7) is 21.9. The van der Waals surface area contributed by atoms with Crippen molar-refractivity contribution in [2.45, 2.75) is 145 Å². The Labute approximate surface area is 345 Å². The summed E-state index contributed by atoms with van der Waals surface area (Å²) in [5.41, 5.74) is 1.90. The number of halogens is 1. The third kappa shape index (κ3) is 7.02. The second-order valence-electron chi connectivity index (χ2n) is 21.9. The van der Waals surface area contributed by atoms with Crippen LogP contribution in [0.3, 0.4) is 0 Å². The molecule has 1 saturated heterocycles. The lowest BCUT2D eigenvalue weighted by molar-refractivity contribution is -0.228. The maximum atomic E-state index is 14.6. The summed E-state index contributed by atoms with van der Waals surface area (Å²) in [6, 6.07) is 0. The number of sulfone groups is 1. The van der Waals surface area contributed by atoms with E-state index in [1.54, 1.807) is 0 Å². The minimum absolute atomic E-state index is 0.0221. The van der Waals surface area contributed by atoms with Gasteiger partial charge in [0.2, 0.25) is 5.91 Å². The Morgan fingerprint density at radius 1 is 0.912 bits per heavy atom. The van der Waals surface area contributed by atoms with Gasteiger partial charge < -0.3 is 10.1 Å². The summed E-state index contributed by atoms with van der Waals surface area (Å²) in [4.78, 5) is 29.9. The Morgan fingerprint density at radius 2 is 1.65 bits per heavy atom. The summed E-state index contributed by atoms with van der Waals surface area (Å²) in [5, 5.41) is 3.44. The summed E-state index contributed by atoms with van der Waals surface area (Å²) in [7, 11) is -2.92. The zero-order chi connectivity index (χ0) is 41.2. The largest absolute Gasteiger partial charge is 0.465 e. The second-order valence-corrected chi connectivity index (χ2v) is 24.2. The number of esters is 1. The highest BCUT2D eigenvalue weighted by Crippen LogP contribution is 2.77. The molecule has 0 radical (unpaired) electrons. The Hall–Kier alpha value is -1.74. The van der Waals surface area contributed by atoms with Crippen LogP contribution in [0.1, 0.15) is 145 Å². The van der Waals surface area contributed by atoms with Gasteiger partial charge in [-0.25, -0.2) is 12.8 Å². The van der Waals surface area contributed by atoms with E-state index in [1.807, 2.05) is 0 Å². The van der Waals surface area contributed by atoms with E-state index >= 15 is 0 Å². The highest BCUT2D eigenvalue weighted by atomic mass is 32.2. The SMILES string of the molecule is CCCCOC(=O)[C@]1(CF)CC=C(C2=CC[C@]3(C)[C@H]4CC[C@@H]5[C@H]6[C@H](C(C)C)CC[C@]6(C(=O)NCCN6CCS(=O)(=O)CC6)CC[C@@]5(C)[C@]4(C)CC[C@H]3C2(C)C)CC1. The Kier molecular flexibility index (Phi) is 11.9. The molecule has 0 spiro atoms. The maximum Gasteiger partial charge on any atom is 0.315 e. The molecule has 1 heterocycles. The van der Waals surface area contributed by atoms with Crippen LogP contribution in [0.25, 0.3) is 0 Å². The molecule has 0 bridgehead atoms. The molecule has 0 unspecified atom stereocenters. The van der Waals surface area contributed by atoms with Crippen LogP contribution in [0.4, 0.5) is 4.39 Å². The first-order chi connectivity index (χ1) is 26.8. The summed E-state index contributed by atoms with van der Waals surface area (Å²) >= 11 is 0. The number of fused-ring (bicyclic) bond motifs is 7. The molecular weight excluding hydrogens is 736 g/mol. The molecule has 6 aliphatic carbocycles. The molecule has 0 aromatic rings. The van der Waals surface area contributed by atoms with Crippen molar-refractivity contribution >= 4 is 21.7 Å². The van der Waals surface area contributed by atoms with E-state index in [4.69, 9.17) is 4.74 Å². The molecule has 7 rings (SSSR count). The lowest BCUT2D eigenvalue weighted by Crippen LogP contribution is -2.66. The molecule has 1 aliphatic heterocycles. The van der Waals surface area contributed by atoms with Crippen molar-refractivity contribution in [3.8, 4) is 0 Å². The number of nitrogens with one attached hydrogen (secondary N) is 1. The molecule has 4 saturated carbocycles. The third-order valence-electron chi connectivity index (χ3n) is 18.9. The van der Waals surface area contributed by atoms with Crippen molar-refractivity contribution in [3.05, 3.63) is 23.3 Å². The topological polar surface area (TPSA) is 92.8 Å². The fraction of sp³-hybridized carbons (Fsp3) is 0.875. The van der Waals surface area contributed by atoms with E-state index < -0.39 is 21.9 Å². The molecule has 7 nitrogen and oxygen atoms in total. The third-order valence-corrected chi connectivity index (χ3v) is 20.5. The van der Waals surface area contributed by atoms with Gasteiger partial charge in [0.05, 0.1) is 28.9 Å². The molecule has 5 fully saturated rings. The van der Waals surface area contributed by atoms with Crippen molar-refractivity contribution in [1.82, 2.24) is 10.2 Å². The number of unbranched alkanes of at least 4 members (excludes halogenated alkanes) is 1. The average molecular weight is 813 g/mol. The normalized spacial score (nSPS) is 42.5. The maximum absolute atomic E-state index is 14.6. The van der Waals surface area contributed by atoms with E-state index in [9.17, 15) is 22.4 Å². The predicted molar refractivity (Wildman–Crippen MR) is 227 cm³/mol. The number of nitrogens with zero attached hydrogens (tertiary/aromatic N) is 1. The number of alkyl halides is 1. The molecule has 1 amide bonds. The quantitative estimate of drug-likeness (QED) is 0.165. The van der Waals surface area contributed by atoms with Crippen molar-refractivity contribution < 1.29 is 27.1 Å². The smallest absolute Gasteiger partial charge is 0.315 e. The summed E-state index contributed by atoms with van der Waals surface area (Å²) in [5.74, 6) is 3.51. The first-order valence-corrected chi connectivity index (χ1v) is 25.0. The number of hydrogen-bond donors (Lipinski definition) is 1. The van der Waals surface area contributed by atoms with Crippen molar-refractivity contribution in [3.63, 3.8) is 0 Å². The van der Waals surface area contributed by atoms with Gasteiger partial charge in [0.1, 0.15) is 6.67 Å².